The lowest BCUT2D eigenvalue weighted by molar-refractivity contribution is 0.287. The van der Waals surface area contributed by atoms with Gasteiger partial charge in [-0.1, -0.05) is 38.0 Å². The van der Waals surface area contributed by atoms with E-state index in [4.69, 9.17) is 0 Å². The van der Waals surface area contributed by atoms with Crippen molar-refractivity contribution >= 4 is 5.69 Å². The topological polar surface area (TPSA) is 15.3 Å². The molecule has 0 unspecified atom stereocenters. The summed E-state index contributed by atoms with van der Waals surface area (Å²) in [7, 11) is 2.23. The Morgan fingerprint density at radius 2 is 1.84 bits per heavy atom. The average Bonchev–Trinajstić information content (AvgIpc) is 2.89. The first-order valence-corrected chi connectivity index (χ1v) is 7.73. The summed E-state index contributed by atoms with van der Waals surface area (Å²) >= 11 is 0. The summed E-state index contributed by atoms with van der Waals surface area (Å²) in [6.07, 6.45) is 6.78. The molecule has 0 saturated heterocycles. The second kappa shape index (κ2) is 6.95. The molecule has 2 heteroatoms. The van der Waals surface area contributed by atoms with E-state index < -0.39 is 0 Å². The molecule has 0 aliphatic heterocycles. The van der Waals surface area contributed by atoms with Gasteiger partial charge in [-0.15, -0.1) is 0 Å². The van der Waals surface area contributed by atoms with Gasteiger partial charge >= 0.3 is 0 Å². The van der Waals surface area contributed by atoms with Crippen molar-refractivity contribution in [3.05, 3.63) is 30.3 Å². The first-order valence-electron chi connectivity index (χ1n) is 7.73. The lowest BCUT2D eigenvalue weighted by Gasteiger charge is -2.35. The summed E-state index contributed by atoms with van der Waals surface area (Å²) in [5.41, 5.74) is 1.82. The van der Waals surface area contributed by atoms with Crippen LogP contribution < -0.4 is 10.2 Å². The smallest absolute Gasteiger partial charge is 0.0363 e. The highest BCUT2D eigenvalue weighted by Gasteiger charge is 2.34. The molecule has 1 aliphatic carbocycles. The number of nitrogens with zero attached hydrogens (tertiary/aromatic N) is 1. The minimum Gasteiger partial charge on any atom is -0.374 e. The van der Waals surface area contributed by atoms with Gasteiger partial charge in [-0.2, -0.15) is 0 Å². The predicted octanol–water partition coefficient (Wildman–Crippen LogP) is 3.68. The van der Waals surface area contributed by atoms with E-state index in [2.05, 4.69) is 54.5 Å². The van der Waals surface area contributed by atoms with Crippen molar-refractivity contribution in [1.82, 2.24) is 5.32 Å². The van der Waals surface area contributed by atoms with Crippen molar-refractivity contribution < 1.29 is 0 Å². The van der Waals surface area contributed by atoms with E-state index in [9.17, 15) is 0 Å². The molecule has 0 amide bonds. The summed E-state index contributed by atoms with van der Waals surface area (Å²) in [5, 5.41) is 3.65. The second-order valence-corrected chi connectivity index (χ2v) is 6.08. The van der Waals surface area contributed by atoms with Crippen LogP contribution >= 0.6 is 0 Å². The third-order valence-electron chi connectivity index (χ3n) is 4.36. The van der Waals surface area contributed by atoms with Gasteiger partial charge in [0, 0.05) is 31.2 Å². The van der Waals surface area contributed by atoms with Crippen LogP contribution in [0.1, 0.15) is 39.0 Å². The second-order valence-electron chi connectivity index (χ2n) is 6.08. The molecule has 1 fully saturated rings. The van der Waals surface area contributed by atoms with Crippen molar-refractivity contribution in [3.8, 4) is 0 Å². The van der Waals surface area contributed by atoms with E-state index in [1.165, 1.54) is 50.9 Å². The molecule has 1 aliphatic rings. The first kappa shape index (κ1) is 14.4. The Kier molecular flexibility index (Phi) is 5.26. The van der Waals surface area contributed by atoms with Gasteiger partial charge in [0.1, 0.15) is 0 Å². The number of benzene rings is 1. The van der Waals surface area contributed by atoms with Crippen LogP contribution in [0.3, 0.4) is 0 Å². The van der Waals surface area contributed by atoms with Gasteiger partial charge in [0.25, 0.3) is 0 Å². The normalized spacial score (nSPS) is 17.6. The molecule has 2 rings (SSSR count). The van der Waals surface area contributed by atoms with Crippen molar-refractivity contribution in [1.29, 1.82) is 0 Å². The maximum absolute atomic E-state index is 3.65. The molecule has 0 spiro atoms. The molecule has 1 aromatic carbocycles. The fourth-order valence-corrected chi connectivity index (χ4v) is 3.32. The number of para-hydroxylation sites is 1. The maximum Gasteiger partial charge on any atom is 0.0363 e. The minimum atomic E-state index is 0.486. The highest BCUT2D eigenvalue weighted by atomic mass is 15.1. The van der Waals surface area contributed by atoms with Crippen LogP contribution in [0.4, 0.5) is 5.69 Å². The van der Waals surface area contributed by atoms with E-state index in [-0.39, 0.29) is 0 Å². The van der Waals surface area contributed by atoms with Crippen LogP contribution in [0.15, 0.2) is 30.3 Å². The molecular formula is C17H28N2. The van der Waals surface area contributed by atoms with Crippen molar-refractivity contribution in [2.24, 2.45) is 5.41 Å². The van der Waals surface area contributed by atoms with E-state index in [1.807, 2.05) is 0 Å². The Labute approximate surface area is 118 Å². The number of anilines is 1. The quantitative estimate of drug-likeness (QED) is 0.752. The fraction of sp³-hybridized carbons (Fsp3) is 0.647. The van der Waals surface area contributed by atoms with Crippen molar-refractivity contribution in [2.45, 2.75) is 39.0 Å². The van der Waals surface area contributed by atoms with E-state index in [0.717, 1.165) is 6.54 Å². The highest BCUT2D eigenvalue weighted by molar-refractivity contribution is 5.45. The predicted molar refractivity (Wildman–Crippen MR) is 83.8 cm³/mol. The Hall–Kier alpha value is -1.02. The zero-order chi connectivity index (χ0) is 13.6. The molecule has 0 aromatic heterocycles. The van der Waals surface area contributed by atoms with Gasteiger partial charge in [0.15, 0.2) is 0 Å². The third-order valence-corrected chi connectivity index (χ3v) is 4.36. The van der Waals surface area contributed by atoms with Gasteiger partial charge in [0.05, 0.1) is 0 Å². The summed E-state index contributed by atoms with van der Waals surface area (Å²) in [6.45, 7) is 5.74. The SMILES string of the molecule is CCCNCC1(CN(C)c2ccccc2)CCCC1. The van der Waals surface area contributed by atoms with Gasteiger partial charge < -0.3 is 10.2 Å². The monoisotopic (exact) mass is 260 g/mol. The van der Waals surface area contributed by atoms with Crippen LogP contribution in [0.25, 0.3) is 0 Å². The molecule has 1 N–H and O–H groups in total. The molecule has 106 valence electrons. The number of hydrogen-bond donors (Lipinski definition) is 1. The lowest BCUT2D eigenvalue weighted by Crippen LogP contribution is -2.41. The first-order chi connectivity index (χ1) is 9.26. The number of hydrogen-bond acceptors (Lipinski definition) is 2. The summed E-state index contributed by atoms with van der Waals surface area (Å²) in [4.78, 5) is 2.43. The molecule has 2 nitrogen and oxygen atoms in total. The van der Waals surface area contributed by atoms with Gasteiger partial charge in [0.2, 0.25) is 0 Å². The van der Waals surface area contributed by atoms with E-state index in [0.29, 0.717) is 5.41 Å². The third kappa shape index (κ3) is 3.97. The van der Waals surface area contributed by atoms with Crippen LogP contribution in [-0.2, 0) is 0 Å². The van der Waals surface area contributed by atoms with Crippen molar-refractivity contribution in [3.63, 3.8) is 0 Å². The molecule has 1 saturated carbocycles. The molecule has 0 bridgehead atoms. The Morgan fingerprint density at radius 3 is 2.47 bits per heavy atom. The number of nitrogens with one attached hydrogen (secondary N) is 1. The van der Waals surface area contributed by atoms with Crippen LogP contribution in [-0.4, -0.2) is 26.7 Å². The summed E-state index contributed by atoms with van der Waals surface area (Å²) < 4.78 is 0. The summed E-state index contributed by atoms with van der Waals surface area (Å²) in [5.74, 6) is 0. The lowest BCUT2D eigenvalue weighted by atomic mass is 9.85. The van der Waals surface area contributed by atoms with E-state index in [1.54, 1.807) is 0 Å². The average molecular weight is 260 g/mol. The molecule has 1 aromatic rings. The fourth-order valence-electron chi connectivity index (χ4n) is 3.32. The number of rotatable bonds is 7. The molecule has 0 atom stereocenters. The molecule has 19 heavy (non-hydrogen) atoms. The van der Waals surface area contributed by atoms with Gasteiger partial charge in [-0.25, -0.2) is 0 Å². The zero-order valence-electron chi connectivity index (χ0n) is 12.5. The largest absolute Gasteiger partial charge is 0.374 e. The minimum absolute atomic E-state index is 0.486. The Morgan fingerprint density at radius 1 is 1.16 bits per heavy atom. The Balaban J connectivity index is 1.96. The zero-order valence-corrected chi connectivity index (χ0v) is 12.5. The van der Waals surface area contributed by atoms with Crippen molar-refractivity contribution in [2.75, 3.05) is 31.6 Å². The molecule has 0 radical (unpaired) electrons. The highest BCUT2D eigenvalue weighted by Crippen LogP contribution is 2.38. The molecule has 0 heterocycles. The van der Waals surface area contributed by atoms with Crippen LogP contribution in [0, 0.1) is 5.41 Å². The Bertz CT molecular complexity index is 355. The van der Waals surface area contributed by atoms with Crippen LogP contribution in [0.5, 0.6) is 0 Å². The molecular weight excluding hydrogens is 232 g/mol. The maximum atomic E-state index is 3.65. The summed E-state index contributed by atoms with van der Waals surface area (Å²) in [6, 6.07) is 10.8. The van der Waals surface area contributed by atoms with Gasteiger partial charge in [-0.05, 0) is 37.9 Å². The van der Waals surface area contributed by atoms with E-state index >= 15 is 0 Å². The standard InChI is InChI=1S/C17H28N2/c1-3-13-18-14-17(11-7-8-12-17)15-19(2)16-9-5-4-6-10-16/h4-6,9-10,18H,3,7-8,11-15H2,1-2H3. The van der Waals surface area contributed by atoms with Gasteiger partial charge in [-0.3, -0.25) is 0 Å². The van der Waals surface area contributed by atoms with Crippen LogP contribution in [0.2, 0.25) is 0 Å².